The molecule has 0 aliphatic carbocycles. The van der Waals surface area contributed by atoms with Gasteiger partial charge in [0.25, 0.3) is 0 Å². The molecule has 0 saturated heterocycles. The van der Waals surface area contributed by atoms with Crippen molar-refractivity contribution in [2.45, 2.75) is 6.92 Å². The Balaban J connectivity index is 2.88. The van der Waals surface area contributed by atoms with Crippen molar-refractivity contribution in [1.82, 2.24) is 9.38 Å². The van der Waals surface area contributed by atoms with E-state index in [4.69, 9.17) is 0 Å². The molecule has 13 heavy (non-hydrogen) atoms. The van der Waals surface area contributed by atoms with Crippen molar-refractivity contribution in [1.29, 1.82) is 0 Å². The first-order chi connectivity index (χ1) is 6.22. The minimum Gasteiger partial charge on any atom is -0.297 e. The van der Waals surface area contributed by atoms with Crippen LogP contribution in [0.15, 0.2) is 22.8 Å². The molecule has 0 N–H and O–H groups in total. The SMILES string of the molecule is Cc1nc(C=O)n2ccc(Br)cc12. The summed E-state index contributed by atoms with van der Waals surface area (Å²) >= 11 is 3.37. The van der Waals surface area contributed by atoms with Crippen LogP contribution >= 0.6 is 15.9 Å². The van der Waals surface area contributed by atoms with E-state index < -0.39 is 0 Å². The number of halogens is 1. The predicted octanol–water partition coefficient (Wildman–Crippen LogP) is 2.22. The van der Waals surface area contributed by atoms with E-state index in [1.54, 1.807) is 4.40 Å². The fourth-order valence-corrected chi connectivity index (χ4v) is 1.65. The molecule has 0 aromatic carbocycles. The largest absolute Gasteiger partial charge is 0.297 e. The van der Waals surface area contributed by atoms with E-state index in [1.165, 1.54) is 0 Å². The lowest BCUT2D eigenvalue weighted by atomic mass is 10.3. The van der Waals surface area contributed by atoms with Gasteiger partial charge in [0.15, 0.2) is 12.1 Å². The summed E-state index contributed by atoms with van der Waals surface area (Å²) in [5.74, 6) is 0.444. The molecular formula is C9H7BrN2O. The Hall–Kier alpha value is -1.16. The van der Waals surface area contributed by atoms with Gasteiger partial charge in [0.1, 0.15) is 0 Å². The summed E-state index contributed by atoms with van der Waals surface area (Å²) in [4.78, 5) is 14.7. The fraction of sp³-hybridized carbons (Fsp3) is 0.111. The number of imidazole rings is 1. The molecule has 0 aliphatic heterocycles. The van der Waals surface area contributed by atoms with Gasteiger partial charge in [0.05, 0.1) is 11.2 Å². The molecule has 0 aliphatic rings. The quantitative estimate of drug-likeness (QED) is 0.715. The van der Waals surface area contributed by atoms with Gasteiger partial charge in [0, 0.05) is 10.7 Å². The molecule has 0 atom stereocenters. The molecule has 0 spiro atoms. The van der Waals surface area contributed by atoms with Gasteiger partial charge in [-0.3, -0.25) is 9.20 Å². The lowest BCUT2D eigenvalue weighted by molar-refractivity contribution is 0.111. The second-order valence-electron chi connectivity index (χ2n) is 2.77. The highest BCUT2D eigenvalue weighted by atomic mass is 79.9. The normalized spacial score (nSPS) is 10.6. The van der Waals surface area contributed by atoms with Crippen LogP contribution in [0.1, 0.15) is 16.3 Å². The molecule has 0 saturated carbocycles. The van der Waals surface area contributed by atoms with Gasteiger partial charge in [-0.15, -0.1) is 0 Å². The summed E-state index contributed by atoms with van der Waals surface area (Å²) in [6.45, 7) is 1.88. The minimum atomic E-state index is 0.444. The summed E-state index contributed by atoms with van der Waals surface area (Å²) in [6, 6.07) is 3.82. The molecule has 2 aromatic heterocycles. The number of aldehydes is 1. The Morgan fingerprint density at radius 2 is 2.38 bits per heavy atom. The summed E-state index contributed by atoms with van der Waals surface area (Å²) in [6.07, 6.45) is 2.58. The number of hydrogen-bond acceptors (Lipinski definition) is 2. The van der Waals surface area contributed by atoms with Crippen molar-refractivity contribution in [3.8, 4) is 0 Å². The van der Waals surface area contributed by atoms with Crippen LogP contribution in [0.4, 0.5) is 0 Å². The Morgan fingerprint density at radius 3 is 3.08 bits per heavy atom. The molecule has 2 aromatic rings. The van der Waals surface area contributed by atoms with Crippen LogP contribution in [-0.2, 0) is 0 Å². The standard InChI is InChI=1S/C9H7BrN2O/c1-6-8-4-7(10)2-3-12(8)9(5-13)11-6/h2-5H,1H3. The average Bonchev–Trinajstić information content (AvgIpc) is 2.43. The first-order valence-corrected chi connectivity index (χ1v) is 4.61. The molecule has 0 bridgehead atoms. The van der Waals surface area contributed by atoms with E-state index in [0.29, 0.717) is 5.82 Å². The van der Waals surface area contributed by atoms with Crippen LogP contribution < -0.4 is 0 Å². The lowest BCUT2D eigenvalue weighted by Crippen LogP contribution is -1.90. The van der Waals surface area contributed by atoms with E-state index >= 15 is 0 Å². The smallest absolute Gasteiger partial charge is 0.185 e. The van der Waals surface area contributed by atoms with Gasteiger partial charge in [-0.2, -0.15) is 0 Å². The number of rotatable bonds is 1. The third-order valence-corrected chi connectivity index (χ3v) is 2.42. The Morgan fingerprint density at radius 1 is 1.62 bits per heavy atom. The zero-order valence-electron chi connectivity index (χ0n) is 6.99. The maximum Gasteiger partial charge on any atom is 0.185 e. The van der Waals surface area contributed by atoms with Gasteiger partial charge in [-0.1, -0.05) is 15.9 Å². The van der Waals surface area contributed by atoms with Crippen LogP contribution in [-0.4, -0.2) is 15.7 Å². The summed E-state index contributed by atoms with van der Waals surface area (Å²) < 4.78 is 2.76. The van der Waals surface area contributed by atoms with Gasteiger partial charge in [-0.05, 0) is 19.1 Å². The highest BCUT2D eigenvalue weighted by Gasteiger charge is 2.05. The van der Waals surface area contributed by atoms with E-state index in [9.17, 15) is 4.79 Å². The molecule has 0 unspecified atom stereocenters. The molecule has 3 nitrogen and oxygen atoms in total. The van der Waals surface area contributed by atoms with Gasteiger partial charge in [0.2, 0.25) is 0 Å². The van der Waals surface area contributed by atoms with E-state index in [0.717, 1.165) is 22.0 Å². The minimum absolute atomic E-state index is 0.444. The summed E-state index contributed by atoms with van der Waals surface area (Å²) in [5.41, 5.74) is 1.82. The van der Waals surface area contributed by atoms with Crippen LogP contribution in [0, 0.1) is 6.92 Å². The van der Waals surface area contributed by atoms with E-state index in [2.05, 4.69) is 20.9 Å². The molecule has 2 heterocycles. The molecule has 2 rings (SSSR count). The van der Waals surface area contributed by atoms with Gasteiger partial charge in [-0.25, -0.2) is 4.98 Å². The molecule has 0 radical (unpaired) electrons. The first kappa shape index (κ1) is 8.44. The maximum atomic E-state index is 10.6. The summed E-state index contributed by atoms with van der Waals surface area (Å²) in [5, 5.41) is 0. The molecule has 4 heteroatoms. The topological polar surface area (TPSA) is 34.4 Å². The maximum absolute atomic E-state index is 10.6. The molecule has 0 fully saturated rings. The van der Waals surface area contributed by atoms with Crippen molar-refractivity contribution in [3.63, 3.8) is 0 Å². The molecule has 66 valence electrons. The number of aromatic nitrogens is 2. The number of carbonyl (C=O) groups excluding carboxylic acids is 1. The Bertz CT molecular complexity index is 476. The van der Waals surface area contributed by atoms with Crippen LogP contribution in [0.5, 0.6) is 0 Å². The van der Waals surface area contributed by atoms with Crippen molar-refractivity contribution < 1.29 is 4.79 Å². The number of nitrogens with zero attached hydrogens (tertiary/aromatic N) is 2. The monoisotopic (exact) mass is 238 g/mol. The zero-order chi connectivity index (χ0) is 9.42. The number of pyridine rings is 1. The van der Waals surface area contributed by atoms with Crippen LogP contribution in [0.2, 0.25) is 0 Å². The molecular weight excluding hydrogens is 232 g/mol. The fourth-order valence-electron chi connectivity index (χ4n) is 1.32. The van der Waals surface area contributed by atoms with Crippen molar-refractivity contribution in [2.75, 3.05) is 0 Å². The predicted molar refractivity (Wildman–Crippen MR) is 53.0 cm³/mol. The highest BCUT2D eigenvalue weighted by Crippen LogP contribution is 2.17. The van der Waals surface area contributed by atoms with Crippen molar-refractivity contribution in [3.05, 3.63) is 34.3 Å². The van der Waals surface area contributed by atoms with Gasteiger partial charge >= 0.3 is 0 Å². The number of fused-ring (bicyclic) bond motifs is 1. The second kappa shape index (κ2) is 2.96. The number of hydrogen-bond donors (Lipinski definition) is 0. The summed E-state index contributed by atoms with van der Waals surface area (Å²) in [7, 11) is 0. The lowest BCUT2D eigenvalue weighted by Gasteiger charge is -1.95. The number of aryl methyl sites for hydroxylation is 1. The van der Waals surface area contributed by atoms with Gasteiger partial charge < -0.3 is 0 Å². The van der Waals surface area contributed by atoms with E-state index in [1.807, 2.05) is 25.3 Å². The van der Waals surface area contributed by atoms with Crippen LogP contribution in [0.25, 0.3) is 5.52 Å². The first-order valence-electron chi connectivity index (χ1n) is 3.82. The Labute approximate surface area is 83.5 Å². The van der Waals surface area contributed by atoms with Crippen molar-refractivity contribution >= 4 is 27.7 Å². The second-order valence-corrected chi connectivity index (χ2v) is 3.69. The third kappa shape index (κ3) is 1.27. The van der Waals surface area contributed by atoms with Crippen LogP contribution in [0.3, 0.4) is 0 Å². The van der Waals surface area contributed by atoms with Crippen molar-refractivity contribution in [2.24, 2.45) is 0 Å². The Kier molecular flexibility index (Phi) is 1.92. The average molecular weight is 239 g/mol. The zero-order valence-corrected chi connectivity index (χ0v) is 8.58. The number of carbonyl (C=O) groups is 1. The highest BCUT2D eigenvalue weighted by molar-refractivity contribution is 9.10. The van der Waals surface area contributed by atoms with E-state index in [-0.39, 0.29) is 0 Å². The third-order valence-electron chi connectivity index (χ3n) is 1.92. The molecule has 0 amide bonds.